The fourth-order valence-electron chi connectivity index (χ4n) is 1.77. The van der Waals surface area contributed by atoms with Crippen LogP contribution in [0.15, 0.2) is 6.07 Å². The lowest BCUT2D eigenvalue weighted by molar-refractivity contribution is -0.124. The number of hydrogen-bond acceptors (Lipinski definition) is 5. The van der Waals surface area contributed by atoms with Crippen molar-refractivity contribution in [3.63, 3.8) is 0 Å². The van der Waals surface area contributed by atoms with Crippen LogP contribution in [0.1, 0.15) is 18.5 Å². The Morgan fingerprint density at radius 3 is 2.78 bits per heavy atom. The van der Waals surface area contributed by atoms with Crippen LogP contribution in [0.5, 0.6) is 0 Å². The molecule has 6 nitrogen and oxygen atoms in total. The van der Waals surface area contributed by atoms with E-state index in [1.807, 2.05) is 0 Å². The minimum absolute atomic E-state index is 0.182. The van der Waals surface area contributed by atoms with Crippen molar-refractivity contribution in [2.24, 2.45) is 5.73 Å². The van der Waals surface area contributed by atoms with Crippen molar-refractivity contribution in [2.75, 3.05) is 18.5 Å². The van der Waals surface area contributed by atoms with Gasteiger partial charge in [0.1, 0.15) is 10.7 Å². The van der Waals surface area contributed by atoms with Gasteiger partial charge in [-0.05, 0) is 25.8 Å². The van der Waals surface area contributed by atoms with Crippen molar-refractivity contribution < 1.29 is 9.53 Å². The topological polar surface area (TPSA) is 90.1 Å². The lowest BCUT2D eigenvalue weighted by Gasteiger charge is -2.31. The highest BCUT2D eigenvalue weighted by molar-refractivity contribution is 6.29. The zero-order valence-corrected chi connectivity index (χ0v) is 10.8. The summed E-state index contributed by atoms with van der Waals surface area (Å²) in [5.74, 6) is -0.117. The van der Waals surface area contributed by atoms with E-state index < -0.39 is 5.54 Å². The monoisotopic (exact) mass is 270 g/mol. The molecule has 1 aromatic rings. The minimum Gasteiger partial charge on any atom is -0.381 e. The van der Waals surface area contributed by atoms with Crippen LogP contribution in [0.2, 0.25) is 5.15 Å². The average Bonchev–Trinajstić information content (AvgIpc) is 2.28. The van der Waals surface area contributed by atoms with E-state index in [1.54, 1.807) is 13.0 Å². The quantitative estimate of drug-likeness (QED) is 0.779. The molecule has 0 bridgehead atoms. The van der Waals surface area contributed by atoms with Crippen molar-refractivity contribution in [2.45, 2.75) is 25.3 Å². The lowest BCUT2D eigenvalue weighted by Crippen LogP contribution is -2.54. The molecule has 1 fully saturated rings. The zero-order chi connectivity index (χ0) is 13.2. The van der Waals surface area contributed by atoms with Gasteiger partial charge in [0, 0.05) is 18.9 Å². The Hall–Kier alpha value is -1.24. The van der Waals surface area contributed by atoms with Gasteiger partial charge in [0.25, 0.3) is 0 Å². The molecule has 2 heterocycles. The minimum atomic E-state index is -0.919. The maximum absolute atomic E-state index is 12.1. The molecule has 1 saturated heterocycles. The molecule has 0 spiro atoms. The third kappa shape index (κ3) is 2.95. The van der Waals surface area contributed by atoms with Gasteiger partial charge < -0.3 is 10.5 Å². The summed E-state index contributed by atoms with van der Waals surface area (Å²) < 4.78 is 5.19. The van der Waals surface area contributed by atoms with E-state index in [-0.39, 0.29) is 17.0 Å². The molecular weight excluding hydrogens is 256 g/mol. The van der Waals surface area contributed by atoms with Gasteiger partial charge in [0.15, 0.2) is 0 Å². The summed E-state index contributed by atoms with van der Waals surface area (Å²) in [6.07, 6.45) is 0.969. The van der Waals surface area contributed by atoms with Crippen molar-refractivity contribution >= 4 is 23.5 Å². The molecule has 1 aliphatic heterocycles. The fraction of sp³-hybridized carbons (Fsp3) is 0.545. The molecule has 0 saturated carbocycles. The Labute approximate surface area is 110 Å². The number of rotatable bonds is 2. The summed E-state index contributed by atoms with van der Waals surface area (Å²) in [4.78, 5) is 20.1. The lowest BCUT2D eigenvalue weighted by atomic mass is 9.90. The molecular formula is C11H15ClN4O2. The number of carbonyl (C=O) groups is 1. The molecule has 7 heteroatoms. The molecule has 1 aromatic heterocycles. The summed E-state index contributed by atoms with van der Waals surface area (Å²) in [5, 5.41) is 2.90. The molecule has 98 valence electrons. The van der Waals surface area contributed by atoms with Crippen LogP contribution in [0.4, 0.5) is 5.95 Å². The third-order valence-corrected chi connectivity index (χ3v) is 3.08. The second-order valence-corrected chi connectivity index (χ2v) is 4.77. The van der Waals surface area contributed by atoms with E-state index in [0.29, 0.717) is 31.7 Å². The summed E-state index contributed by atoms with van der Waals surface area (Å²) in [5.41, 5.74) is 5.81. The molecule has 0 radical (unpaired) electrons. The predicted octanol–water partition coefficient (Wildman–Crippen LogP) is 0.885. The zero-order valence-electron chi connectivity index (χ0n) is 10.1. The van der Waals surface area contributed by atoms with Gasteiger partial charge in [-0.2, -0.15) is 0 Å². The largest absolute Gasteiger partial charge is 0.381 e. The Morgan fingerprint density at radius 1 is 1.50 bits per heavy atom. The fourth-order valence-corrected chi connectivity index (χ4v) is 2.01. The second-order valence-electron chi connectivity index (χ2n) is 4.38. The Bertz CT molecular complexity index is 440. The van der Waals surface area contributed by atoms with Gasteiger partial charge in [-0.1, -0.05) is 11.6 Å². The van der Waals surface area contributed by atoms with E-state index >= 15 is 0 Å². The van der Waals surface area contributed by atoms with Gasteiger partial charge in [0.05, 0.1) is 0 Å². The molecule has 0 aliphatic carbocycles. The number of nitrogens with two attached hydrogens (primary N) is 1. The maximum atomic E-state index is 12.1. The number of halogens is 1. The molecule has 18 heavy (non-hydrogen) atoms. The molecule has 0 aromatic carbocycles. The van der Waals surface area contributed by atoms with Crippen molar-refractivity contribution in [3.8, 4) is 0 Å². The Morgan fingerprint density at radius 2 is 2.17 bits per heavy atom. The van der Waals surface area contributed by atoms with E-state index in [2.05, 4.69) is 15.3 Å². The van der Waals surface area contributed by atoms with Gasteiger partial charge in [-0.15, -0.1) is 0 Å². The van der Waals surface area contributed by atoms with E-state index in [1.165, 1.54) is 0 Å². The first-order valence-electron chi connectivity index (χ1n) is 5.69. The number of amides is 1. The van der Waals surface area contributed by atoms with Gasteiger partial charge in [-0.25, -0.2) is 9.97 Å². The highest BCUT2D eigenvalue weighted by atomic mass is 35.5. The van der Waals surface area contributed by atoms with Gasteiger partial charge in [0.2, 0.25) is 11.9 Å². The molecule has 3 N–H and O–H groups in total. The third-order valence-electron chi connectivity index (χ3n) is 2.89. The normalized spacial score (nSPS) is 18.4. The molecule has 1 aliphatic rings. The second kappa shape index (κ2) is 5.17. The first-order chi connectivity index (χ1) is 8.49. The summed E-state index contributed by atoms with van der Waals surface area (Å²) in [6.45, 7) is 2.74. The summed E-state index contributed by atoms with van der Waals surface area (Å²) in [7, 11) is 0. The smallest absolute Gasteiger partial charge is 0.246 e. The number of nitrogens with zero attached hydrogens (tertiary/aromatic N) is 2. The Balaban J connectivity index is 2.10. The predicted molar refractivity (Wildman–Crippen MR) is 67.4 cm³/mol. The molecule has 1 amide bonds. The van der Waals surface area contributed by atoms with E-state index in [9.17, 15) is 4.79 Å². The highest BCUT2D eigenvalue weighted by Gasteiger charge is 2.36. The number of aromatic nitrogens is 2. The Kier molecular flexibility index (Phi) is 3.79. The number of anilines is 1. The van der Waals surface area contributed by atoms with Gasteiger partial charge >= 0.3 is 0 Å². The number of aryl methyl sites for hydroxylation is 1. The average molecular weight is 271 g/mol. The SMILES string of the molecule is Cc1cc(Cl)nc(NC(=O)C2(N)CCOCC2)n1. The van der Waals surface area contributed by atoms with Crippen LogP contribution in [-0.2, 0) is 9.53 Å². The van der Waals surface area contributed by atoms with Crippen LogP contribution in [0.25, 0.3) is 0 Å². The van der Waals surface area contributed by atoms with Gasteiger partial charge in [-0.3, -0.25) is 10.1 Å². The van der Waals surface area contributed by atoms with Crippen LogP contribution >= 0.6 is 11.6 Å². The van der Waals surface area contributed by atoms with Crippen molar-refractivity contribution in [3.05, 3.63) is 16.9 Å². The number of ether oxygens (including phenoxy) is 1. The molecule has 0 unspecified atom stereocenters. The van der Waals surface area contributed by atoms with Crippen LogP contribution in [0, 0.1) is 6.92 Å². The number of hydrogen-bond donors (Lipinski definition) is 2. The van der Waals surface area contributed by atoms with Crippen molar-refractivity contribution in [1.29, 1.82) is 0 Å². The first-order valence-corrected chi connectivity index (χ1v) is 6.07. The summed E-state index contributed by atoms with van der Waals surface area (Å²) >= 11 is 5.80. The molecule has 2 rings (SSSR count). The maximum Gasteiger partial charge on any atom is 0.246 e. The molecule has 0 atom stereocenters. The van der Waals surface area contributed by atoms with Crippen LogP contribution < -0.4 is 11.1 Å². The first kappa shape index (κ1) is 13.2. The van der Waals surface area contributed by atoms with E-state index in [0.717, 1.165) is 0 Å². The number of nitrogens with one attached hydrogen (secondary N) is 1. The summed E-state index contributed by atoms with van der Waals surface area (Å²) in [6, 6.07) is 1.61. The van der Waals surface area contributed by atoms with Crippen molar-refractivity contribution in [1.82, 2.24) is 9.97 Å². The number of carbonyl (C=O) groups excluding carboxylic acids is 1. The standard InChI is InChI=1S/C11H15ClN4O2/c1-7-6-8(12)15-10(14-7)16-9(17)11(13)2-4-18-5-3-11/h6H,2-5,13H2,1H3,(H,14,15,16,17). The van der Waals surface area contributed by atoms with E-state index in [4.69, 9.17) is 22.1 Å². The van der Waals surface area contributed by atoms with Crippen LogP contribution in [0.3, 0.4) is 0 Å². The highest BCUT2D eigenvalue weighted by Crippen LogP contribution is 2.19. The van der Waals surface area contributed by atoms with Crippen LogP contribution in [-0.4, -0.2) is 34.6 Å².